The first kappa shape index (κ1) is 33.9. The van der Waals surface area contributed by atoms with Crippen LogP contribution in [0.4, 0.5) is 11.4 Å². The van der Waals surface area contributed by atoms with Gasteiger partial charge in [-0.1, -0.05) is 114 Å². The van der Waals surface area contributed by atoms with Crippen LogP contribution in [0.2, 0.25) is 0 Å². The lowest BCUT2D eigenvalue weighted by molar-refractivity contribution is 0.539. The number of hydrogen-bond donors (Lipinski definition) is 1. The molecule has 0 aromatic heterocycles. The molecule has 0 amide bonds. The summed E-state index contributed by atoms with van der Waals surface area (Å²) in [7, 11) is 2.28. The van der Waals surface area contributed by atoms with Crippen molar-refractivity contribution in [2.45, 2.75) is 124 Å². The maximum Gasteiger partial charge on any atom is 0.0684 e. The van der Waals surface area contributed by atoms with Crippen molar-refractivity contribution in [2.24, 2.45) is 0 Å². The highest BCUT2D eigenvalue weighted by atomic mass is 15.2. The molecule has 2 aromatic carbocycles. The van der Waals surface area contributed by atoms with Crippen molar-refractivity contribution < 1.29 is 0 Å². The molecule has 3 heteroatoms. The predicted octanol–water partition coefficient (Wildman–Crippen LogP) is 10.2. The van der Waals surface area contributed by atoms with Crippen LogP contribution in [0, 0.1) is 6.92 Å². The molecule has 1 N–H and O–H groups in total. The number of nitrogens with one attached hydrogen (secondary N) is 1. The van der Waals surface area contributed by atoms with Crippen LogP contribution in [0.15, 0.2) is 55.1 Å². The highest BCUT2D eigenvalue weighted by Crippen LogP contribution is 2.24. The Labute approximate surface area is 248 Å². The molecule has 0 aliphatic carbocycles. The van der Waals surface area contributed by atoms with Crippen LogP contribution in [0.3, 0.4) is 0 Å². The number of anilines is 2. The first-order valence-electron chi connectivity index (χ1n) is 16.5. The smallest absolute Gasteiger partial charge is 0.0684 e. The van der Waals surface area contributed by atoms with Crippen molar-refractivity contribution in [3.8, 4) is 0 Å². The molecule has 3 nitrogen and oxygen atoms in total. The largest absolute Gasteiger partial charge is 0.374 e. The van der Waals surface area contributed by atoms with E-state index in [1.54, 1.807) is 0 Å². The van der Waals surface area contributed by atoms with Crippen LogP contribution in [0.5, 0.6) is 0 Å². The summed E-state index contributed by atoms with van der Waals surface area (Å²) in [6.07, 6.45) is 22.4. The number of aryl methyl sites for hydroxylation is 2. The molecule has 0 spiro atoms. The minimum absolute atomic E-state index is 0.850. The van der Waals surface area contributed by atoms with Gasteiger partial charge in [-0.3, -0.25) is 5.32 Å². The first-order valence-corrected chi connectivity index (χ1v) is 16.5. The summed E-state index contributed by atoms with van der Waals surface area (Å²) in [6.45, 7) is 14.5. The Hall–Kier alpha value is -2.26. The van der Waals surface area contributed by atoms with Gasteiger partial charge in [-0.15, -0.1) is 6.58 Å². The molecule has 0 unspecified atom stereocenters. The lowest BCUT2D eigenvalue weighted by atomic mass is 10.0. The summed E-state index contributed by atoms with van der Waals surface area (Å²) in [6, 6.07) is 15.8. The SMILES string of the molecule is C=CCCc1ccc(CNCN(CC)c2cccc(C)c2)cc1N(C)CCCCCCCCCCCCCCC. The number of allylic oxidation sites excluding steroid dienone is 1. The van der Waals surface area contributed by atoms with E-state index in [1.807, 2.05) is 6.08 Å². The molecule has 0 radical (unpaired) electrons. The molecule has 2 aromatic rings. The van der Waals surface area contributed by atoms with E-state index >= 15 is 0 Å². The number of rotatable bonds is 24. The minimum Gasteiger partial charge on any atom is -0.374 e. The summed E-state index contributed by atoms with van der Waals surface area (Å²) in [5.41, 5.74) is 6.78. The zero-order valence-electron chi connectivity index (χ0n) is 26.7. The monoisotopic (exact) mass is 547 g/mol. The fourth-order valence-corrected chi connectivity index (χ4v) is 5.58. The van der Waals surface area contributed by atoms with Gasteiger partial charge in [-0.05, 0) is 68.0 Å². The van der Waals surface area contributed by atoms with E-state index in [2.05, 4.69) is 92.0 Å². The van der Waals surface area contributed by atoms with Gasteiger partial charge in [0.15, 0.2) is 0 Å². The van der Waals surface area contributed by atoms with Gasteiger partial charge in [0, 0.05) is 38.1 Å². The fraction of sp³-hybridized carbons (Fsp3) is 0.622. The minimum atomic E-state index is 0.850. The first-order chi connectivity index (χ1) is 19.6. The van der Waals surface area contributed by atoms with E-state index in [0.717, 1.165) is 39.1 Å². The maximum absolute atomic E-state index is 3.95. The van der Waals surface area contributed by atoms with Crippen molar-refractivity contribution >= 4 is 11.4 Å². The van der Waals surface area contributed by atoms with Gasteiger partial charge in [0.25, 0.3) is 0 Å². The average molecular weight is 548 g/mol. The van der Waals surface area contributed by atoms with E-state index in [1.165, 1.54) is 112 Å². The summed E-state index contributed by atoms with van der Waals surface area (Å²) in [5, 5.41) is 3.69. The average Bonchev–Trinajstić information content (AvgIpc) is 2.96. The third kappa shape index (κ3) is 13.9. The van der Waals surface area contributed by atoms with E-state index in [0.29, 0.717) is 0 Å². The highest BCUT2D eigenvalue weighted by Gasteiger charge is 2.10. The second-order valence-corrected chi connectivity index (χ2v) is 11.7. The standard InChI is InChI=1S/C37H61N3/c1-6-9-11-12-13-14-15-16-17-18-19-20-21-28-39(5)37-30-34(26-27-35(37)24-10-7-2)31-38-32-40(8-3)36-25-22-23-33(4)29-36/h7,22-23,25-27,29-30,38H,2,6,8-21,24,28,31-32H2,1,3-5H3. The molecule has 0 heterocycles. The molecule has 0 saturated heterocycles. The van der Waals surface area contributed by atoms with Crippen LogP contribution < -0.4 is 15.1 Å². The van der Waals surface area contributed by atoms with Crippen molar-refractivity contribution in [1.29, 1.82) is 0 Å². The second-order valence-electron chi connectivity index (χ2n) is 11.7. The van der Waals surface area contributed by atoms with E-state index < -0.39 is 0 Å². The Morgan fingerprint density at radius 3 is 2.05 bits per heavy atom. The topological polar surface area (TPSA) is 18.5 Å². The molecular formula is C37H61N3. The zero-order chi connectivity index (χ0) is 28.8. The van der Waals surface area contributed by atoms with Gasteiger partial charge >= 0.3 is 0 Å². The molecule has 0 fully saturated rings. The van der Waals surface area contributed by atoms with Crippen LogP contribution in [0.1, 0.15) is 120 Å². The van der Waals surface area contributed by atoms with Gasteiger partial charge in [0.2, 0.25) is 0 Å². The summed E-state index contributed by atoms with van der Waals surface area (Å²) >= 11 is 0. The molecule has 40 heavy (non-hydrogen) atoms. The van der Waals surface area contributed by atoms with E-state index in [-0.39, 0.29) is 0 Å². The molecule has 0 saturated carbocycles. The Balaban J connectivity index is 1.75. The van der Waals surface area contributed by atoms with Gasteiger partial charge in [0.05, 0.1) is 6.67 Å². The third-order valence-corrected chi connectivity index (χ3v) is 8.16. The lowest BCUT2D eigenvalue weighted by Gasteiger charge is -2.25. The number of nitrogens with zero attached hydrogens (tertiary/aromatic N) is 2. The van der Waals surface area contributed by atoms with E-state index in [4.69, 9.17) is 0 Å². The van der Waals surface area contributed by atoms with Crippen molar-refractivity contribution in [3.63, 3.8) is 0 Å². The molecule has 0 aliphatic heterocycles. The third-order valence-electron chi connectivity index (χ3n) is 8.16. The van der Waals surface area contributed by atoms with Crippen LogP contribution in [-0.2, 0) is 13.0 Å². The predicted molar refractivity (Wildman–Crippen MR) is 180 cm³/mol. The second kappa shape index (κ2) is 21.5. The Morgan fingerprint density at radius 1 is 0.800 bits per heavy atom. The zero-order valence-corrected chi connectivity index (χ0v) is 26.7. The number of benzene rings is 2. The van der Waals surface area contributed by atoms with Crippen molar-refractivity contribution in [3.05, 3.63) is 71.8 Å². The highest BCUT2D eigenvalue weighted by molar-refractivity contribution is 5.55. The van der Waals surface area contributed by atoms with E-state index in [9.17, 15) is 0 Å². The Bertz CT molecular complexity index is 921. The quantitative estimate of drug-likeness (QED) is 0.0801. The van der Waals surface area contributed by atoms with Crippen molar-refractivity contribution in [2.75, 3.05) is 36.6 Å². The van der Waals surface area contributed by atoms with Gasteiger partial charge < -0.3 is 9.80 Å². The molecule has 224 valence electrons. The molecule has 2 rings (SSSR count). The van der Waals surface area contributed by atoms with Crippen LogP contribution in [0.25, 0.3) is 0 Å². The summed E-state index contributed by atoms with van der Waals surface area (Å²) in [5.74, 6) is 0. The van der Waals surface area contributed by atoms with Crippen molar-refractivity contribution in [1.82, 2.24) is 5.32 Å². The molecule has 0 atom stereocenters. The molecule has 0 bridgehead atoms. The van der Waals surface area contributed by atoms with Gasteiger partial charge in [0.1, 0.15) is 0 Å². The fourth-order valence-electron chi connectivity index (χ4n) is 5.58. The van der Waals surface area contributed by atoms with Gasteiger partial charge in [-0.25, -0.2) is 0 Å². The Kier molecular flexibility index (Phi) is 18.2. The van der Waals surface area contributed by atoms with Crippen LogP contribution in [-0.4, -0.2) is 26.8 Å². The number of unbranched alkanes of at least 4 members (excludes halogenated alkanes) is 12. The normalized spacial score (nSPS) is 11.1. The summed E-state index contributed by atoms with van der Waals surface area (Å²) in [4.78, 5) is 4.89. The van der Waals surface area contributed by atoms with Gasteiger partial charge in [-0.2, -0.15) is 0 Å². The Morgan fingerprint density at radius 2 is 1.45 bits per heavy atom. The molecular weight excluding hydrogens is 486 g/mol. The number of hydrogen-bond acceptors (Lipinski definition) is 3. The maximum atomic E-state index is 3.95. The van der Waals surface area contributed by atoms with Crippen LogP contribution >= 0.6 is 0 Å². The molecule has 0 aliphatic rings. The lowest BCUT2D eigenvalue weighted by Crippen LogP contribution is -2.33. The summed E-state index contributed by atoms with van der Waals surface area (Å²) < 4.78 is 0.